The van der Waals surface area contributed by atoms with Crippen LogP contribution >= 0.6 is 0 Å². The van der Waals surface area contributed by atoms with E-state index in [-0.39, 0.29) is 24.8 Å². The molecule has 5 heteroatoms. The molecule has 0 spiro atoms. The minimum absolute atomic E-state index is 0.0730. The van der Waals surface area contributed by atoms with Crippen LogP contribution in [0.4, 0.5) is 0 Å². The first kappa shape index (κ1) is 9.89. The molecular weight excluding hydrogens is 224 g/mol. The number of hydrogen-bond acceptors (Lipinski definition) is 5. The van der Waals surface area contributed by atoms with Crippen molar-refractivity contribution in [2.24, 2.45) is 0 Å². The monoisotopic (exact) mass is 232 g/mol. The van der Waals surface area contributed by atoms with E-state index in [0.717, 1.165) is 0 Å². The third-order valence-corrected chi connectivity index (χ3v) is 2.56. The van der Waals surface area contributed by atoms with Gasteiger partial charge < -0.3 is 14.2 Å². The van der Waals surface area contributed by atoms with Crippen LogP contribution in [0.2, 0.25) is 0 Å². The molecule has 0 atom stereocenters. The van der Waals surface area contributed by atoms with Gasteiger partial charge in [0.15, 0.2) is 18.1 Å². The Morgan fingerprint density at radius 3 is 2.65 bits per heavy atom. The maximum atomic E-state index is 11.4. The lowest BCUT2D eigenvalue weighted by Crippen LogP contribution is -2.00. The third-order valence-electron chi connectivity index (χ3n) is 2.56. The zero-order valence-corrected chi connectivity index (χ0v) is 8.76. The number of carbonyl (C=O) groups is 2. The highest BCUT2D eigenvalue weighted by molar-refractivity contribution is 6.24. The van der Waals surface area contributed by atoms with Crippen molar-refractivity contribution in [2.75, 3.05) is 13.4 Å². The van der Waals surface area contributed by atoms with Gasteiger partial charge in [0.05, 0.1) is 0 Å². The van der Waals surface area contributed by atoms with Gasteiger partial charge >= 0.3 is 5.97 Å². The molecule has 1 fully saturated rings. The van der Waals surface area contributed by atoms with Crippen molar-refractivity contribution in [3.8, 4) is 11.5 Å². The number of ether oxygens (including phenoxy) is 3. The number of cyclic esters (lactones) is 1. The second-order valence-corrected chi connectivity index (χ2v) is 3.67. The quantitative estimate of drug-likeness (QED) is 0.409. The van der Waals surface area contributed by atoms with Crippen LogP contribution in [-0.2, 0) is 14.3 Å². The van der Waals surface area contributed by atoms with Gasteiger partial charge in [0, 0.05) is 0 Å². The number of carbonyl (C=O) groups excluding carboxylic acids is 2. The van der Waals surface area contributed by atoms with Gasteiger partial charge in [-0.3, -0.25) is 4.79 Å². The van der Waals surface area contributed by atoms with Crippen LogP contribution in [0.5, 0.6) is 11.5 Å². The van der Waals surface area contributed by atoms with Crippen molar-refractivity contribution in [1.82, 2.24) is 0 Å². The van der Waals surface area contributed by atoms with Gasteiger partial charge in [-0.1, -0.05) is 6.07 Å². The lowest BCUT2D eigenvalue weighted by atomic mass is 10.1. The maximum absolute atomic E-state index is 11.4. The second-order valence-electron chi connectivity index (χ2n) is 3.67. The standard InChI is InChI=1S/C12H8O5/c13-9-5-15-12(14)8(9)3-7-1-2-10-11(4-7)17-6-16-10/h1-4H,5-6H2. The minimum Gasteiger partial charge on any atom is -0.454 e. The van der Waals surface area contributed by atoms with E-state index < -0.39 is 5.97 Å². The van der Waals surface area contributed by atoms with E-state index in [1.54, 1.807) is 18.2 Å². The summed E-state index contributed by atoms with van der Waals surface area (Å²) < 4.78 is 15.0. The Bertz CT molecular complexity index is 526. The molecule has 0 bridgehead atoms. The van der Waals surface area contributed by atoms with Crippen LogP contribution in [-0.4, -0.2) is 25.2 Å². The highest BCUT2D eigenvalue weighted by Crippen LogP contribution is 2.33. The Hall–Kier alpha value is -2.30. The third kappa shape index (κ3) is 1.65. The molecule has 0 radical (unpaired) electrons. The van der Waals surface area contributed by atoms with E-state index in [4.69, 9.17) is 9.47 Å². The summed E-state index contributed by atoms with van der Waals surface area (Å²) in [6, 6.07) is 5.20. The lowest BCUT2D eigenvalue weighted by Gasteiger charge is -1.98. The summed E-state index contributed by atoms with van der Waals surface area (Å²) in [5, 5.41) is 0. The Morgan fingerprint density at radius 1 is 1.06 bits per heavy atom. The molecule has 1 aromatic carbocycles. The molecule has 0 saturated carbocycles. The molecule has 1 aromatic rings. The average Bonchev–Trinajstić information content (AvgIpc) is 2.90. The van der Waals surface area contributed by atoms with Crippen molar-refractivity contribution >= 4 is 17.8 Å². The van der Waals surface area contributed by atoms with Crippen LogP contribution in [0.25, 0.3) is 6.08 Å². The molecule has 1 saturated heterocycles. The molecule has 2 aliphatic heterocycles. The molecule has 5 nitrogen and oxygen atoms in total. The summed E-state index contributed by atoms with van der Waals surface area (Å²) in [4.78, 5) is 22.6. The molecule has 2 aliphatic rings. The Labute approximate surface area is 96.6 Å². The van der Waals surface area contributed by atoms with Crippen molar-refractivity contribution in [3.05, 3.63) is 29.3 Å². The minimum atomic E-state index is -0.576. The van der Waals surface area contributed by atoms with Crippen LogP contribution in [0.15, 0.2) is 23.8 Å². The van der Waals surface area contributed by atoms with E-state index in [1.165, 1.54) is 6.08 Å². The van der Waals surface area contributed by atoms with Gasteiger partial charge in [0.2, 0.25) is 12.6 Å². The largest absolute Gasteiger partial charge is 0.454 e. The first-order valence-corrected chi connectivity index (χ1v) is 5.06. The van der Waals surface area contributed by atoms with Gasteiger partial charge in [0.25, 0.3) is 0 Å². The van der Waals surface area contributed by atoms with Crippen molar-refractivity contribution in [1.29, 1.82) is 0 Å². The molecular formula is C12H8O5. The topological polar surface area (TPSA) is 61.8 Å². The molecule has 0 aliphatic carbocycles. The molecule has 0 N–H and O–H groups in total. The van der Waals surface area contributed by atoms with Gasteiger partial charge in [-0.15, -0.1) is 0 Å². The van der Waals surface area contributed by atoms with E-state index in [0.29, 0.717) is 17.1 Å². The number of esters is 1. The fraction of sp³-hybridized carbons (Fsp3) is 0.167. The highest BCUT2D eigenvalue weighted by Gasteiger charge is 2.28. The molecule has 2 heterocycles. The van der Waals surface area contributed by atoms with Gasteiger partial charge in [0.1, 0.15) is 5.57 Å². The summed E-state index contributed by atoms with van der Waals surface area (Å²) >= 11 is 0. The summed E-state index contributed by atoms with van der Waals surface area (Å²) in [5.74, 6) is 0.394. The number of rotatable bonds is 1. The molecule has 17 heavy (non-hydrogen) atoms. The van der Waals surface area contributed by atoms with Crippen LogP contribution < -0.4 is 9.47 Å². The van der Waals surface area contributed by atoms with Crippen LogP contribution in [0, 0.1) is 0 Å². The summed E-state index contributed by atoms with van der Waals surface area (Å²) in [5.41, 5.74) is 0.778. The van der Waals surface area contributed by atoms with Crippen molar-refractivity contribution in [2.45, 2.75) is 0 Å². The second kappa shape index (κ2) is 3.62. The Morgan fingerprint density at radius 2 is 1.88 bits per heavy atom. The molecule has 3 rings (SSSR count). The zero-order chi connectivity index (χ0) is 11.8. The zero-order valence-electron chi connectivity index (χ0n) is 8.76. The summed E-state index contributed by atoms with van der Waals surface area (Å²) in [7, 11) is 0. The number of benzene rings is 1. The number of fused-ring (bicyclic) bond motifs is 1. The van der Waals surface area contributed by atoms with Crippen molar-refractivity contribution < 1.29 is 23.8 Å². The normalized spacial score (nSPS) is 19.9. The maximum Gasteiger partial charge on any atom is 0.342 e. The van der Waals surface area contributed by atoms with Crippen LogP contribution in [0.3, 0.4) is 0 Å². The summed E-state index contributed by atoms with van der Waals surface area (Å²) in [6.45, 7) is 0.0194. The van der Waals surface area contributed by atoms with E-state index in [1.807, 2.05) is 0 Å². The fourth-order valence-electron chi connectivity index (χ4n) is 1.71. The highest BCUT2D eigenvalue weighted by atomic mass is 16.7. The first-order valence-electron chi connectivity index (χ1n) is 5.06. The van der Waals surface area contributed by atoms with Gasteiger partial charge in [-0.25, -0.2) is 4.79 Å². The molecule has 86 valence electrons. The van der Waals surface area contributed by atoms with E-state index in [9.17, 15) is 9.59 Å². The van der Waals surface area contributed by atoms with Gasteiger partial charge in [-0.2, -0.15) is 0 Å². The predicted octanol–water partition coefficient (Wildman–Crippen LogP) is 0.925. The van der Waals surface area contributed by atoms with E-state index in [2.05, 4.69) is 4.74 Å². The summed E-state index contributed by atoms with van der Waals surface area (Å²) in [6.07, 6.45) is 1.50. The number of hydrogen-bond donors (Lipinski definition) is 0. The Balaban J connectivity index is 1.98. The molecule has 0 unspecified atom stereocenters. The number of ketones is 1. The first-order chi connectivity index (χ1) is 8.24. The average molecular weight is 232 g/mol. The molecule has 0 amide bonds. The number of Topliss-reactive ketones (excluding diaryl/α,β-unsaturated/α-hetero) is 1. The SMILES string of the molecule is O=C1COC(=O)C1=Cc1ccc2c(c1)OCO2. The van der Waals surface area contributed by atoms with E-state index >= 15 is 0 Å². The fourth-order valence-corrected chi connectivity index (χ4v) is 1.71. The van der Waals surface area contributed by atoms with Gasteiger partial charge in [-0.05, 0) is 23.8 Å². The Kier molecular flexibility index (Phi) is 2.11. The predicted molar refractivity (Wildman–Crippen MR) is 56.5 cm³/mol. The van der Waals surface area contributed by atoms with Crippen LogP contribution in [0.1, 0.15) is 5.56 Å². The smallest absolute Gasteiger partial charge is 0.342 e. The van der Waals surface area contributed by atoms with Crippen molar-refractivity contribution in [3.63, 3.8) is 0 Å². The molecule has 0 aromatic heterocycles. The lowest BCUT2D eigenvalue weighted by molar-refractivity contribution is -0.135.